The monoisotopic (exact) mass is 388 g/mol. The third kappa shape index (κ3) is 6.19. The topological polar surface area (TPSA) is 69.1 Å². The highest BCUT2D eigenvalue weighted by Crippen LogP contribution is 2.23. The minimum atomic E-state index is -0.134. The number of guanidine groups is 1. The Morgan fingerprint density at radius 3 is 2.50 bits per heavy atom. The molecule has 1 aliphatic carbocycles. The molecule has 1 saturated carbocycles. The van der Waals surface area contributed by atoms with Gasteiger partial charge in [-0.15, -0.1) is 0 Å². The van der Waals surface area contributed by atoms with Crippen molar-refractivity contribution >= 4 is 5.96 Å². The summed E-state index contributed by atoms with van der Waals surface area (Å²) in [6.45, 7) is 9.24. The number of morpholine rings is 1. The smallest absolute Gasteiger partial charge is 0.191 e. The molecule has 0 aromatic heterocycles. The quantitative estimate of drug-likeness (QED) is 0.515. The van der Waals surface area contributed by atoms with Crippen molar-refractivity contribution in [2.24, 2.45) is 4.99 Å². The molecule has 2 fully saturated rings. The minimum absolute atomic E-state index is 0.134. The van der Waals surface area contributed by atoms with E-state index < -0.39 is 0 Å². The molecule has 1 aliphatic heterocycles. The van der Waals surface area contributed by atoms with Gasteiger partial charge in [0.05, 0.1) is 31.9 Å². The van der Waals surface area contributed by atoms with Gasteiger partial charge in [-0.05, 0) is 45.1 Å². The zero-order valence-corrected chi connectivity index (χ0v) is 17.4. The average Bonchev–Trinajstić information content (AvgIpc) is 2.72. The van der Waals surface area contributed by atoms with Crippen LogP contribution in [0.3, 0.4) is 0 Å². The highest BCUT2D eigenvalue weighted by molar-refractivity contribution is 5.80. The molecule has 0 bridgehead atoms. The van der Waals surface area contributed by atoms with Crippen LogP contribution in [0.2, 0.25) is 0 Å². The fourth-order valence-electron chi connectivity index (χ4n) is 4.02. The Kier molecular flexibility index (Phi) is 8.13. The van der Waals surface area contributed by atoms with E-state index in [0.717, 1.165) is 64.5 Å². The molecule has 0 amide bonds. The van der Waals surface area contributed by atoms with Gasteiger partial charge in [-0.25, -0.2) is 0 Å². The summed E-state index contributed by atoms with van der Waals surface area (Å²) in [5.74, 6) is 0.884. The fourth-order valence-corrected chi connectivity index (χ4v) is 4.02. The maximum absolute atomic E-state index is 9.74. The molecular weight excluding hydrogens is 352 g/mol. The predicted octanol–water partition coefficient (Wildman–Crippen LogP) is 2.23. The first-order chi connectivity index (χ1) is 13.7. The predicted molar refractivity (Wildman–Crippen MR) is 114 cm³/mol. The molecule has 2 aliphatic rings. The van der Waals surface area contributed by atoms with Crippen molar-refractivity contribution < 1.29 is 9.84 Å². The number of aliphatic imine (C=N–C) groups is 1. The standard InChI is InChI=1S/C22H36N4O2/c1-3-23-22(25-19-8-10-20(27)11-9-19)24-16-21(26-12-14-28-15-13-26)18-6-4-17(2)5-7-18/h4-7,19-21,27H,3,8-16H2,1-2H3,(H2,23,24,25). The normalized spacial score (nSPS) is 25.3. The highest BCUT2D eigenvalue weighted by atomic mass is 16.5. The van der Waals surface area contributed by atoms with E-state index in [9.17, 15) is 5.11 Å². The van der Waals surface area contributed by atoms with E-state index in [4.69, 9.17) is 9.73 Å². The Morgan fingerprint density at radius 1 is 1.18 bits per heavy atom. The summed E-state index contributed by atoms with van der Waals surface area (Å²) in [6.07, 6.45) is 3.60. The van der Waals surface area contributed by atoms with Gasteiger partial charge < -0.3 is 20.5 Å². The summed E-state index contributed by atoms with van der Waals surface area (Å²) in [7, 11) is 0. The molecule has 28 heavy (non-hydrogen) atoms. The molecular formula is C22H36N4O2. The third-order valence-corrected chi connectivity index (χ3v) is 5.75. The molecule has 6 nitrogen and oxygen atoms in total. The summed E-state index contributed by atoms with van der Waals surface area (Å²) >= 11 is 0. The number of benzene rings is 1. The molecule has 0 spiro atoms. The summed E-state index contributed by atoms with van der Waals surface area (Å²) in [6, 6.07) is 9.48. The van der Waals surface area contributed by atoms with E-state index in [1.807, 2.05) is 0 Å². The van der Waals surface area contributed by atoms with Gasteiger partial charge in [-0.1, -0.05) is 29.8 Å². The van der Waals surface area contributed by atoms with Gasteiger partial charge in [-0.2, -0.15) is 0 Å². The van der Waals surface area contributed by atoms with Crippen molar-refractivity contribution in [2.75, 3.05) is 39.4 Å². The summed E-state index contributed by atoms with van der Waals surface area (Å²) in [5, 5.41) is 16.7. The Morgan fingerprint density at radius 2 is 1.86 bits per heavy atom. The lowest BCUT2D eigenvalue weighted by atomic mass is 9.93. The molecule has 1 saturated heterocycles. The Labute approximate surface area is 169 Å². The number of rotatable bonds is 6. The first kappa shape index (κ1) is 21.1. The van der Waals surface area contributed by atoms with Crippen LogP contribution < -0.4 is 10.6 Å². The number of nitrogens with one attached hydrogen (secondary N) is 2. The fraction of sp³-hybridized carbons (Fsp3) is 0.682. The second-order valence-corrected chi connectivity index (χ2v) is 7.94. The molecule has 0 radical (unpaired) electrons. The molecule has 1 aromatic carbocycles. The maximum Gasteiger partial charge on any atom is 0.191 e. The summed E-state index contributed by atoms with van der Waals surface area (Å²) < 4.78 is 5.56. The van der Waals surface area contributed by atoms with E-state index in [-0.39, 0.29) is 12.1 Å². The van der Waals surface area contributed by atoms with Crippen molar-refractivity contribution in [1.29, 1.82) is 0 Å². The van der Waals surface area contributed by atoms with Crippen molar-refractivity contribution in [3.63, 3.8) is 0 Å². The van der Waals surface area contributed by atoms with Gasteiger partial charge in [0.25, 0.3) is 0 Å². The van der Waals surface area contributed by atoms with Crippen molar-refractivity contribution in [2.45, 2.75) is 57.7 Å². The number of hydrogen-bond donors (Lipinski definition) is 3. The molecule has 1 unspecified atom stereocenters. The minimum Gasteiger partial charge on any atom is -0.393 e. The molecule has 1 heterocycles. The first-order valence-corrected chi connectivity index (χ1v) is 10.8. The highest BCUT2D eigenvalue weighted by Gasteiger charge is 2.23. The van der Waals surface area contributed by atoms with Crippen LogP contribution in [0.5, 0.6) is 0 Å². The number of aliphatic hydroxyl groups is 1. The van der Waals surface area contributed by atoms with Crippen LogP contribution in [0.1, 0.15) is 49.8 Å². The van der Waals surface area contributed by atoms with Gasteiger partial charge in [0.2, 0.25) is 0 Å². The van der Waals surface area contributed by atoms with Crippen LogP contribution in [0.15, 0.2) is 29.3 Å². The van der Waals surface area contributed by atoms with Crippen molar-refractivity contribution in [1.82, 2.24) is 15.5 Å². The van der Waals surface area contributed by atoms with E-state index in [1.165, 1.54) is 11.1 Å². The Hall–Kier alpha value is -1.63. The summed E-state index contributed by atoms with van der Waals surface area (Å²) in [4.78, 5) is 7.43. The van der Waals surface area contributed by atoms with Gasteiger partial charge in [0.1, 0.15) is 0 Å². The zero-order chi connectivity index (χ0) is 19.8. The number of nitrogens with zero attached hydrogens (tertiary/aromatic N) is 2. The van der Waals surface area contributed by atoms with Crippen LogP contribution in [0, 0.1) is 6.92 Å². The van der Waals surface area contributed by atoms with E-state index in [0.29, 0.717) is 12.6 Å². The molecule has 3 rings (SSSR count). The van der Waals surface area contributed by atoms with Crippen LogP contribution in [0.25, 0.3) is 0 Å². The number of hydrogen-bond acceptors (Lipinski definition) is 4. The second-order valence-electron chi connectivity index (χ2n) is 7.94. The van der Waals surface area contributed by atoms with Crippen LogP contribution >= 0.6 is 0 Å². The van der Waals surface area contributed by atoms with Gasteiger partial charge in [0.15, 0.2) is 5.96 Å². The average molecular weight is 389 g/mol. The zero-order valence-electron chi connectivity index (χ0n) is 17.4. The lowest BCUT2D eigenvalue weighted by Gasteiger charge is -2.34. The van der Waals surface area contributed by atoms with E-state index in [1.54, 1.807) is 0 Å². The Bertz CT molecular complexity index is 605. The maximum atomic E-state index is 9.74. The lowest BCUT2D eigenvalue weighted by molar-refractivity contribution is 0.0179. The molecule has 1 atom stereocenters. The van der Waals surface area contributed by atoms with Crippen LogP contribution in [-0.2, 0) is 4.74 Å². The van der Waals surface area contributed by atoms with Crippen molar-refractivity contribution in [3.05, 3.63) is 35.4 Å². The Balaban J connectivity index is 1.70. The first-order valence-electron chi connectivity index (χ1n) is 10.8. The SMILES string of the molecule is CCNC(=NCC(c1ccc(C)cc1)N1CCOCC1)NC1CCC(O)CC1. The van der Waals surface area contributed by atoms with Gasteiger partial charge in [-0.3, -0.25) is 9.89 Å². The van der Waals surface area contributed by atoms with Crippen molar-refractivity contribution in [3.8, 4) is 0 Å². The van der Waals surface area contributed by atoms with E-state index in [2.05, 4.69) is 53.6 Å². The number of aryl methyl sites for hydroxylation is 1. The molecule has 3 N–H and O–H groups in total. The molecule has 1 aromatic rings. The number of aliphatic hydroxyl groups excluding tert-OH is 1. The largest absolute Gasteiger partial charge is 0.393 e. The van der Waals surface area contributed by atoms with E-state index >= 15 is 0 Å². The lowest BCUT2D eigenvalue weighted by Crippen LogP contribution is -2.46. The number of ether oxygens (including phenoxy) is 1. The van der Waals surface area contributed by atoms with Crippen LogP contribution in [-0.4, -0.2) is 67.5 Å². The molecule has 6 heteroatoms. The third-order valence-electron chi connectivity index (χ3n) is 5.75. The molecule has 156 valence electrons. The summed E-state index contributed by atoms with van der Waals surface area (Å²) in [5.41, 5.74) is 2.59. The van der Waals surface area contributed by atoms with Gasteiger partial charge in [0, 0.05) is 25.7 Å². The second kappa shape index (κ2) is 10.8. The van der Waals surface area contributed by atoms with Gasteiger partial charge >= 0.3 is 0 Å². The van der Waals surface area contributed by atoms with Crippen LogP contribution in [0.4, 0.5) is 0 Å².